The van der Waals surface area contributed by atoms with Gasteiger partial charge >= 0.3 is 12.0 Å². The molecule has 0 saturated heterocycles. The predicted octanol–water partition coefficient (Wildman–Crippen LogP) is 2.55. The minimum absolute atomic E-state index is 0.106. The van der Waals surface area contributed by atoms with E-state index in [0.29, 0.717) is 29.4 Å². The Morgan fingerprint density at radius 1 is 1.38 bits per heavy atom. The molecule has 0 spiro atoms. The first kappa shape index (κ1) is 17.5. The van der Waals surface area contributed by atoms with Crippen molar-refractivity contribution >= 4 is 17.7 Å². The van der Waals surface area contributed by atoms with Crippen molar-refractivity contribution in [1.29, 1.82) is 0 Å². The van der Waals surface area contributed by atoms with Crippen LogP contribution in [0.15, 0.2) is 22.7 Å². The molecule has 0 saturated carbocycles. The maximum Gasteiger partial charge on any atom is 0.321 e. The highest BCUT2D eigenvalue weighted by molar-refractivity contribution is 5.91. The maximum atomic E-state index is 12.1. The number of nitrogens with one attached hydrogen (secondary N) is 1. The quantitative estimate of drug-likeness (QED) is 0.841. The molecule has 2 amide bonds. The van der Waals surface area contributed by atoms with Crippen LogP contribution in [0.25, 0.3) is 11.5 Å². The summed E-state index contributed by atoms with van der Waals surface area (Å²) in [4.78, 5) is 28.3. The van der Waals surface area contributed by atoms with Crippen LogP contribution < -0.4 is 5.32 Å². The van der Waals surface area contributed by atoms with Gasteiger partial charge in [-0.15, -0.1) is 0 Å². The Bertz CT molecular complexity index is 741. The van der Waals surface area contributed by atoms with Gasteiger partial charge in [-0.3, -0.25) is 4.79 Å². The molecule has 2 rings (SSSR count). The van der Waals surface area contributed by atoms with Gasteiger partial charge in [0.05, 0.1) is 6.42 Å². The average molecular weight is 332 g/mol. The van der Waals surface area contributed by atoms with Crippen molar-refractivity contribution in [3.05, 3.63) is 29.6 Å². The summed E-state index contributed by atoms with van der Waals surface area (Å²) >= 11 is 0. The van der Waals surface area contributed by atoms with E-state index in [2.05, 4.69) is 15.5 Å². The van der Waals surface area contributed by atoms with E-state index in [-0.39, 0.29) is 19.0 Å². The van der Waals surface area contributed by atoms with Crippen molar-refractivity contribution in [2.45, 2.75) is 26.7 Å². The number of carbonyl (C=O) groups excluding carboxylic acids is 1. The van der Waals surface area contributed by atoms with E-state index in [9.17, 15) is 9.59 Å². The van der Waals surface area contributed by atoms with E-state index in [4.69, 9.17) is 9.63 Å². The summed E-state index contributed by atoms with van der Waals surface area (Å²) in [5, 5.41) is 15.3. The fraction of sp³-hybridized carbons (Fsp3) is 0.375. The molecule has 0 atom stereocenters. The Balaban J connectivity index is 2.13. The second-order valence-corrected chi connectivity index (χ2v) is 5.39. The third kappa shape index (κ3) is 4.31. The lowest BCUT2D eigenvalue weighted by Crippen LogP contribution is -2.33. The number of benzene rings is 1. The van der Waals surface area contributed by atoms with Crippen LogP contribution in [-0.4, -0.2) is 45.7 Å². The second-order valence-electron chi connectivity index (χ2n) is 5.39. The Kier molecular flexibility index (Phi) is 5.51. The minimum Gasteiger partial charge on any atom is -0.481 e. The highest BCUT2D eigenvalue weighted by atomic mass is 16.5. The molecule has 1 heterocycles. The summed E-state index contributed by atoms with van der Waals surface area (Å²) < 4.78 is 5.20. The van der Waals surface area contributed by atoms with Crippen molar-refractivity contribution in [3.8, 4) is 11.5 Å². The van der Waals surface area contributed by atoms with Gasteiger partial charge in [-0.25, -0.2) is 4.79 Å². The zero-order valence-electron chi connectivity index (χ0n) is 13.9. The van der Waals surface area contributed by atoms with Crippen LogP contribution >= 0.6 is 0 Å². The number of anilines is 1. The number of carboxylic acid groups (broad SMARTS) is 1. The van der Waals surface area contributed by atoms with Crippen LogP contribution in [0.1, 0.15) is 24.7 Å². The van der Waals surface area contributed by atoms with Crippen LogP contribution in [-0.2, 0) is 11.2 Å². The number of rotatable bonds is 6. The van der Waals surface area contributed by atoms with Crippen LogP contribution in [0.3, 0.4) is 0 Å². The van der Waals surface area contributed by atoms with Crippen LogP contribution in [0.5, 0.6) is 0 Å². The summed E-state index contributed by atoms with van der Waals surface area (Å²) in [6, 6.07) is 5.06. The first-order valence-electron chi connectivity index (χ1n) is 7.58. The Labute approximate surface area is 139 Å². The number of carboxylic acids is 1. The highest BCUT2D eigenvalue weighted by Gasteiger charge is 2.14. The summed E-state index contributed by atoms with van der Waals surface area (Å²) in [6.45, 7) is 3.92. The zero-order chi connectivity index (χ0) is 17.7. The smallest absolute Gasteiger partial charge is 0.321 e. The molecule has 2 aromatic rings. The fourth-order valence-electron chi connectivity index (χ4n) is 1.98. The van der Waals surface area contributed by atoms with Gasteiger partial charge in [0.15, 0.2) is 5.82 Å². The molecule has 8 heteroatoms. The molecule has 1 aromatic heterocycles. The predicted molar refractivity (Wildman–Crippen MR) is 87.8 cm³/mol. The lowest BCUT2D eigenvalue weighted by molar-refractivity contribution is -0.137. The number of urea groups is 1. The van der Waals surface area contributed by atoms with Gasteiger partial charge in [-0.2, -0.15) is 4.98 Å². The van der Waals surface area contributed by atoms with Gasteiger partial charge in [0.1, 0.15) is 0 Å². The molecule has 0 aliphatic rings. The number of aromatic nitrogens is 2. The van der Waals surface area contributed by atoms with E-state index in [1.165, 1.54) is 4.90 Å². The van der Waals surface area contributed by atoms with Crippen molar-refractivity contribution in [2.24, 2.45) is 0 Å². The molecule has 0 aliphatic heterocycles. The van der Waals surface area contributed by atoms with Gasteiger partial charge in [-0.1, -0.05) is 18.1 Å². The SMILES string of the molecule is CCc1noc(-c2ccc(C)c(NC(=O)N(C)CCC(=O)O)c2)n1. The molecule has 1 aromatic carbocycles. The summed E-state index contributed by atoms with van der Waals surface area (Å²) in [5.74, 6) is 0.0575. The number of aryl methyl sites for hydroxylation is 2. The maximum absolute atomic E-state index is 12.1. The standard InChI is InChI=1S/C16H20N4O4/c1-4-13-18-15(24-19-13)11-6-5-10(2)12(9-11)17-16(23)20(3)8-7-14(21)22/h5-6,9H,4,7-8H2,1-3H3,(H,17,23)(H,21,22). The molecular weight excluding hydrogens is 312 g/mol. The van der Waals surface area contributed by atoms with Gasteiger partial charge in [0, 0.05) is 31.3 Å². The molecule has 0 unspecified atom stereocenters. The van der Waals surface area contributed by atoms with Crippen LogP contribution in [0.2, 0.25) is 0 Å². The van der Waals surface area contributed by atoms with Gasteiger partial charge in [0.25, 0.3) is 5.89 Å². The lowest BCUT2D eigenvalue weighted by atomic mass is 10.1. The number of aliphatic carboxylic acids is 1. The molecule has 8 nitrogen and oxygen atoms in total. The Morgan fingerprint density at radius 2 is 2.12 bits per heavy atom. The molecular formula is C16H20N4O4. The third-order valence-corrected chi connectivity index (χ3v) is 3.52. The Morgan fingerprint density at radius 3 is 2.75 bits per heavy atom. The number of nitrogens with zero attached hydrogens (tertiary/aromatic N) is 3. The van der Waals surface area contributed by atoms with Crippen molar-refractivity contribution < 1.29 is 19.2 Å². The highest BCUT2D eigenvalue weighted by Crippen LogP contribution is 2.24. The first-order chi connectivity index (χ1) is 11.4. The van der Waals surface area contributed by atoms with Crippen molar-refractivity contribution in [3.63, 3.8) is 0 Å². The monoisotopic (exact) mass is 332 g/mol. The van der Waals surface area contributed by atoms with E-state index in [1.807, 2.05) is 26.0 Å². The molecule has 0 radical (unpaired) electrons. The van der Waals surface area contributed by atoms with E-state index in [1.54, 1.807) is 13.1 Å². The van der Waals surface area contributed by atoms with Gasteiger partial charge in [-0.05, 0) is 24.6 Å². The molecule has 0 fully saturated rings. The second kappa shape index (κ2) is 7.58. The third-order valence-electron chi connectivity index (χ3n) is 3.52. The van der Waals surface area contributed by atoms with E-state index < -0.39 is 5.97 Å². The fourth-order valence-corrected chi connectivity index (χ4v) is 1.98. The number of hydrogen-bond donors (Lipinski definition) is 2. The van der Waals surface area contributed by atoms with Crippen molar-refractivity contribution in [1.82, 2.24) is 15.0 Å². The molecule has 0 aliphatic carbocycles. The minimum atomic E-state index is -0.948. The normalized spacial score (nSPS) is 10.5. The molecule has 128 valence electrons. The number of hydrogen-bond acceptors (Lipinski definition) is 5. The van der Waals surface area contributed by atoms with Crippen LogP contribution in [0.4, 0.5) is 10.5 Å². The molecule has 2 N–H and O–H groups in total. The largest absolute Gasteiger partial charge is 0.481 e. The number of amides is 2. The van der Waals surface area contributed by atoms with E-state index >= 15 is 0 Å². The zero-order valence-corrected chi connectivity index (χ0v) is 13.9. The number of carbonyl (C=O) groups is 2. The Hall–Kier alpha value is -2.90. The topological polar surface area (TPSA) is 109 Å². The summed E-state index contributed by atoms with van der Waals surface area (Å²) in [5.41, 5.74) is 2.18. The lowest BCUT2D eigenvalue weighted by Gasteiger charge is -2.18. The van der Waals surface area contributed by atoms with Crippen molar-refractivity contribution in [2.75, 3.05) is 18.9 Å². The molecule has 0 bridgehead atoms. The van der Waals surface area contributed by atoms with E-state index in [0.717, 1.165) is 5.56 Å². The van der Waals surface area contributed by atoms with Gasteiger partial charge < -0.3 is 19.8 Å². The average Bonchev–Trinajstić information content (AvgIpc) is 3.03. The first-order valence-corrected chi connectivity index (χ1v) is 7.58. The summed E-state index contributed by atoms with van der Waals surface area (Å²) in [6.07, 6.45) is 0.568. The van der Waals surface area contributed by atoms with Crippen LogP contribution in [0, 0.1) is 6.92 Å². The molecule has 24 heavy (non-hydrogen) atoms. The summed E-state index contributed by atoms with van der Waals surface area (Å²) in [7, 11) is 1.54. The van der Waals surface area contributed by atoms with Gasteiger partial charge in [0.2, 0.25) is 0 Å².